The fraction of sp³-hybridized carbons (Fsp3) is 0.273. The van der Waals surface area contributed by atoms with Crippen LogP contribution in [0.5, 0.6) is 0 Å². The van der Waals surface area contributed by atoms with E-state index in [0.29, 0.717) is 16.7 Å². The van der Waals surface area contributed by atoms with Crippen molar-refractivity contribution in [3.05, 3.63) is 42.4 Å². The molecule has 0 saturated heterocycles. The molecule has 2 aromatic rings. The molecule has 8 heteroatoms. The number of rotatable bonds is 5. The summed E-state index contributed by atoms with van der Waals surface area (Å²) in [6.45, 7) is 0.624. The highest BCUT2D eigenvalue weighted by molar-refractivity contribution is 9.10. The third-order valence-electron chi connectivity index (χ3n) is 2.38. The maximum Gasteiger partial charge on any atom is 0.283 e. The first-order chi connectivity index (χ1) is 9.11. The Bertz CT molecular complexity index is 629. The highest BCUT2D eigenvalue weighted by Gasteiger charge is 2.08. The average Bonchev–Trinajstić information content (AvgIpc) is 2.80. The Balaban J connectivity index is 2.13. The van der Waals surface area contributed by atoms with Crippen LogP contribution in [-0.2, 0) is 13.1 Å². The van der Waals surface area contributed by atoms with Gasteiger partial charge in [0.15, 0.2) is 0 Å². The van der Waals surface area contributed by atoms with E-state index in [1.54, 1.807) is 6.20 Å². The Hall–Kier alpha value is -0.890. The summed E-state index contributed by atoms with van der Waals surface area (Å²) in [6, 6.07) is 3.75. The number of aliphatic hydroxyl groups excluding tert-OH is 1. The lowest BCUT2D eigenvalue weighted by atomic mass is 10.4. The summed E-state index contributed by atoms with van der Waals surface area (Å²) < 4.78 is 2.34. The zero-order valence-corrected chi connectivity index (χ0v) is 12.9. The minimum absolute atomic E-state index is 0.125. The van der Waals surface area contributed by atoms with Crippen molar-refractivity contribution in [1.29, 1.82) is 0 Å². The predicted octanol–water partition coefficient (Wildman–Crippen LogP) is 2.33. The van der Waals surface area contributed by atoms with Crippen LogP contribution in [0.15, 0.2) is 27.6 Å². The minimum Gasteiger partial charge on any atom is -0.394 e. The third kappa shape index (κ3) is 3.56. The molecule has 5 nitrogen and oxygen atoms in total. The SMILES string of the molecule is O=c1c(Br)c(NCc2ccc(Cl)s2)cnn1CCO. The summed E-state index contributed by atoms with van der Waals surface area (Å²) in [5.74, 6) is 0. The highest BCUT2D eigenvalue weighted by Crippen LogP contribution is 2.23. The van der Waals surface area contributed by atoms with E-state index in [4.69, 9.17) is 16.7 Å². The van der Waals surface area contributed by atoms with E-state index in [1.807, 2.05) is 12.1 Å². The number of halogens is 2. The van der Waals surface area contributed by atoms with E-state index >= 15 is 0 Å². The Labute approximate surface area is 127 Å². The number of anilines is 1. The van der Waals surface area contributed by atoms with Crippen molar-refractivity contribution < 1.29 is 5.11 Å². The average molecular weight is 365 g/mol. The summed E-state index contributed by atoms with van der Waals surface area (Å²) >= 11 is 10.6. The summed E-state index contributed by atoms with van der Waals surface area (Å²) in [7, 11) is 0. The summed E-state index contributed by atoms with van der Waals surface area (Å²) in [5, 5.41) is 15.9. The molecule has 0 fully saturated rings. The molecular weight excluding hydrogens is 354 g/mol. The first-order valence-corrected chi connectivity index (χ1v) is 7.45. The van der Waals surface area contributed by atoms with Crippen LogP contribution in [0.1, 0.15) is 4.88 Å². The second-order valence-electron chi connectivity index (χ2n) is 3.68. The number of thiophene rings is 1. The zero-order valence-electron chi connectivity index (χ0n) is 9.77. The number of nitrogens with zero attached hydrogens (tertiary/aromatic N) is 2. The Morgan fingerprint density at radius 2 is 2.32 bits per heavy atom. The molecule has 2 heterocycles. The van der Waals surface area contributed by atoms with Gasteiger partial charge in [0.2, 0.25) is 0 Å². The molecule has 102 valence electrons. The summed E-state index contributed by atoms with van der Waals surface area (Å²) in [5.41, 5.74) is 0.340. The van der Waals surface area contributed by atoms with Crippen LogP contribution < -0.4 is 10.9 Å². The van der Waals surface area contributed by atoms with Crippen LogP contribution in [0.3, 0.4) is 0 Å². The molecule has 0 aliphatic carbocycles. The van der Waals surface area contributed by atoms with E-state index in [2.05, 4.69) is 26.3 Å². The van der Waals surface area contributed by atoms with Gasteiger partial charge in [0, 0.05) is 11.4 Å². The maximum absolute atomic E-state index is 11.9. The van der Waals surface area contributed by atoms with Crippen LogP contribution in [0.2, 0.25) is 4.34 Å². The van der Waals surface area contributed by atoms with Gasteiger partial charge in [-0.25, -0.2) is 4.68 Å². The van der Waals surface area contributed by atoms with Gasteiger partial charge in [0.25, 0.3) is 5.56 Å². The molecule has 0 bridgehead atoms. The first kappa shape index (κ1) is 14.5. The second-order valence-corrected chi connectivity index (χ2v) is 6.28. The van der Waals surface area contributed by atoms with E-state index in [9.17, 15) is 4.79 Å². The lowest BCUT2D eigenvalue weighted by molar-refractivity contribution is 0.266. The second kappa shape index (κ2) is 6.51. The highest BCUT2D eigenvalue weighted by atomic mass is 79.9. The number of aromatic nitrogens is 2. The molecule has 2 aromatic heterocycles. The van der Waals surface area contributed by atoms with Gasteiger partial charge in [0.05, 0.1) is 29.4 Å². The number of hydrogen-bond donors (Lipinski definition) is 2. The predicted molar refractivity (Wildman–Crippen MR) is 79.9 cm³/mol. The topological polar surface area (TPSA) is 67.2 Å². The monoisotopic (exact) mass is 363 g/mol. The molecular formula is C11H11BrClN3O2S. The van der Waals surface area contributed by atoms with Crippen molar-refractivity contribution >= 4 is 44.6 Å². The Morgan fingerprint density at radius 1 is 1.53 bits per heavy atom. The molecule has 2 N–H and O–H groups in total. The van der Waals surface area contributed by atoms with Crippen molar-refractivity contribution in [3.63, 3.8) is 0 Å². The fourth-order valence-electron chi connectivity index (χ4n) is 1.47. The molecule has 2 rings (SSSR count). The Morgan fingerprint density at radius 3 is 2.95 bits per heavy atom. The van der Waals surface area contributed by atoms with E-state index in [1.165, 1.54) is 16.0 Å². The summed E-state index contributed by atoms with van der Waals surface area (Å²) in [6.07, 6.45) is 1.55. The molecule has 0 aliphatic rings. The third-order valence-corrected chi connectivity index (χ3v) is 4.38. The van der Waals surface area contributed by atoms with Gasteiger partial charge in [-0.05, 0) is 28.1 Å². The molecule has 0 spiro atoms. The number of hydrogen-bond acceptors (Lipinski definition) is 5. The molecule has 19 heavy (non-hydrogen) atoms. The van der Waals surface area contributed by atoms with Crippen LogP contribution in [0.25, 0.3) is 0 Å². The van der Waals surface area contributed by atoms with Gasteiger partial charge >= 0.3 is 0 Å². The van der Waals surface area contributed by atoms with Crippen LogP contribution in [0, 0.1) is 0 Å². The van der Waals surface area contributed by atoms with E-state index in [-0.39, 0.29) is 18.7 Å². The van der Waals surface area contributed by atoms with Crippen molar-refractivity contribution in [2.75, 3.05) is 11.9 Å². The van der Waals surface area contributed by atoms with E-state index in [0.717, 1.165) is 9.21 Å². The molecule has 0 unspecified atom stereocenters. The van der Waals surface area contributed by atoms with Crippen molar-refractivity contribution in [2.24, 2.45) is 0 Å². The summed E-state index contributed by atoms with van der Waals surface area (Å²) in [4.78, 5) is 12.9. The largest absolute Gasteiger partial charge is 0.394 e. The van der Waals surface area contributed by atoms with Gasteiger partial charge in [-0.3, -0.25) is 4.79 Å². The molecule has 0 saturated carbocycles. The molecule has 0 atom stereocenters. The van der Waals surface area contributed by atoms with Crippen molar-refractivity contribution in [1.82, 2.24) is 9.78 Å². The number of aliphatic hydroxyl groups is 1. The zero-order chi connectivity index (χ0) is 13.8. The van der Waals surface area contributed by atoms with Crippen LogP contribution >= 0.6 is 38.9 Å². The number of nitrogens with one attached hydrogen (secondary N) is 1. The molecule has 0 aliphatic heterocycles. The van der Waals surface area contributed by atoms with Crippen LogP contribution in [-0.4, -0.2) is 21.5 Å². The van der Waals surface area contributed by atoms with E-state index < -0.39 is 0 Å². The van der Waals surface area contributed by atoms with Crippen molar-refractivity contribution in [3.8, 4) is 0 Å². The molecule has 0 radical (unpaired) electrons. The van der Waals surface area contributed by atoms with Gasteiger partial charge < -0.3 is 10.4 Å². The van der Waals surface area contributed by atoms with Gasteiger partial charge in [-0.1, -0.05) is 11.6 Å². The quantitative estimate of drug-likeness (QED) is 0.854. The van der Waals surface area contributed by atoms with Gasteiger partial charge in [-0.15, -0.1) is 11.3 Å². The maximum atomic E-state index is 11.9. The van der Waals surface area contributed by atoms with Crippen molar-refractivity contribution in [2.45, 2.75) is 13.1 Å². The fourth-order valence-corrected chi connectivity index (χ4v) is 2.95. The first-order valence-electron chi connectivity index (χ1n) is 5.46. The lowest BCUT2D eigenvalue weighted by Crippen LogP contribution is -2.25. The molecule has 0 aromatic carbocycles. The normalized spacial score (nSPS) is 10.7. The van der Waals surface area contributed by atoms with Gasteiger partial charge in [-0.2, -0.15) is 5.10 Å². The van der Waals surface area contributed by atoms with Gasteiger partial charge in [0.1, 0.15) is 4.47 Å². The Kier molecular flexibility index (Phi) is 4.98. The standard InChI is InChI=1S/C11H11BrClN3O2S/c12-10-8(6-15-16(3-4-17)11(10)18)14-5-7-1-2-9(13)19-7/h1-2,6,14,17H,3-5H2. The minimum atomic E-state index is -0.275. The molecule has 0 amide bonds. The van der Waals surface area contributed by atoms with Crippen LogP contribution in [0.4, 0.5) is 5.69 Å². The lowest BCUT2D eigenvalue weighted by Gasteiger charge is -2.09. The smallest absolute Gasteiger partial charge is 0.283 e.